The van der Waals surface area contributed by atoms with E-state index in [0.29, 0.717) is 12.2 Å². The van der Waals surface area contributed by atoms with Crippen LogP contribution in [0.5, 0.6) is 0 Å². The Labute approximate surface area is 127 Å². The number of rotatable bonds is 6. The van der Waals surface area contributed by atoms with Crippen molar-refractivity contribution in [1.29, 1.82) is 0 Å². The second kappa shape index (κ2) is 7.04. The maximum atomic E-state index is 12.1. The molecule has 1 aromatic rings. The number of hydrogen-bond acceptors (Lipinski definition) is 5. The van der Waals surface area contributed by atoms with Gasteiger partial charge in [0, 0.05) is 46.4 Å². The van der Waals surface area contributed by atoms with Gasteiger partial charge in [-0.1, -0.05) is 0 Å². The number of carbonyl (C=O) groups excluding carboxylic acids is 1. The largest absolute Gasteiger partial charge is 0.399 e. The average Bonchev–Trinajstić information content (AvgIpc) is 2.34. The minimum atomic E-state index is -3.43. The molecule has 0 aliphatic rings. The first-order valence-corrected chi connectivity index (χ1v) is 9.93. The molecule has 2 unspecified atom stereocenters. The molecule has 0 aliphatic carbocycles. The summed E-state index contributed by atoms with van der Waals surface area (Å²) in [4.78, 5) is 12.1. The standard InChI is InChI=1S/C13H20N2O4S2/c1-9(4-5-20(2)17)15-13(16)10-6-11(14)8-12(7-10)21(3,18)19/h6-9H,4-5,14H2,1-3H3,(H,15,16). The number of nitrogen functional groups attached to an aromatic ring is 1. The fourth-order valence-electron chi connectivity index (χ4n) is 1.69. The van der Waals surface area contributed by atoms with E-state index in [9.17, 15) is 17.4 Å². The van der Waals surface area contributed by atoms with Crippen molar-refractivity contribution in [2.24, 2.45) is 0 Å². The Morgan fingerprint density at radius 1 is 1.38 bits per heavy atom. The summed E-state index contributed by atoms with van der Waals surface area (Å²) in [7, 11) is -4.35. The topological polar surface area (TPSA) is 106 Å². The molecule has 0 saturated heterocycles. The third-order valence-electron chi connectivity index (χ3n) is 2.84. The second-order valence-electron chi connectivity index (χ2n) is 5.00. The molecule has 0 aliphatic heterocycles. The lowest BCUT2D eigenvalue weighted by Crippen LogP contribution is -2.33. The van der Waals surface area contributed by atoms with E-state index in [-0.39, 0.29) is 22.2 Å². The van der Waals surface area contributed by atoms with Crippen LogP contribution in [0.15, 0.2) is 23.1 Å². The summed E-state index contributed by atoms with van der Waals surface area (Å²) in [6.45, 7) is 1.80. The fraction of sp³-hybridized carbons (Fsp3) is 0.462. The first kappa shape index (κ1) is 17.6. The predicted octanol–water partition coefficient (Wildman–Crippen LogP) is 0.559. The maximum Gasteiger partial charge on any atom is 0.251 e. The molecular weight excluding hydrogens is 312 g/mol. The number of nitrogens with one attached hydrogen (secondary N) is 1. The molecule has 8 heteroatoms. The number of anilines is 1. The summed E-state index contributed by atoms with van der Waals surface area (Å²) in [5, 5.41) is 2.73. The molecule has 118 valence electrons. The highest BCUT2D eigenvalue weighted by molar-refractivity contribution is 7.90. The summed E-state index contributed by atoms with van der Waals surface area (Å²) >= 11 is 0. The molecule has 0 fully saturated rings. The van der Waals surface area contributed by atoms with E-state index in [4.69, 9.17) is 5.73 Å². The minimum absolute atomic E-state index is 0.00923. The van der Waals surface area contributed by atoms with Crippen molar-refractivity contribution in [3.05, 3.63) is 23.8 Å². The number of hydrogen-bond donors (Lipinski definition) is 2. The number of sulfone groups is 1. The number of carbonyl (C=O) groups is 1. The SMILES string of the molecule is CC(CCS(C)=O)NC(=O)c1cc(N)cc(S(C)(=O)=O)c1. The fourth-order valence-corrected chi connectivity index (χ4v) is 3.07. The molecule has 3 N–H and O–H groups in total. The summed E-state index contributed by atoms with van der Waals surface area (Å²) in [6.07, 6.45) is 3.24. The van der Waals surface area contributed by atoms with Crippen LogP contribution >= 0.6 is 0 Å². The third-order valence-corrected chi connectivity index (χ3v) is 4.74. The van der Waals surface area contributed by atoms with Crippen molar-refractivity contribution in [2.45, 2.75) is 24.3 Å². The van der Waals surface area contributed by atoms with E-state index in [1.54, 1.807) is 13.2 Å². The van der Waals surface area contributed by atoms with Gasteiger partial charge in [0.25, 0.3) is 5.91 Å². The Bertz CT molecular complexity index is 656. The monoisotopic (exact) mass is 332 g/mol. The van der Waals surface area contributed by atoms with Crippen molar-refractivity contribution in [2.75, 3.05) is 24.0 Å². The highest BCUT2D eigenvalue weighted by Crippen LogP contribution is 2.17. The van der Waals surface area contributed by atoms with Crippen molar-refractivity contribution >= 4 is 32.2 Å². The normalized spacial score (nSPS) is 14.4. The van der Waals surface area contributed by atoms with Gasteiger partial charge in [-0.3, -0.25) is 9.00 Å². The summed E-state index contributed by atoms with van der Waals surface area (Å²) < 4.78 is 34.1. The highest BCUT2D eigenvalue weighted by Gasteiger charge is 2.15. The van der Waals surface area contributed by atoms with Crippen LogP contribution in [0.25, 0.3) is 0 Å². The molecule has 1 aromatic carbocycles. The summed E-state index contributed by atoms with van der Waals surface area (Å²) in [6, 6.07) is 3.88. The molecule has 0 heterocycles. The van der Waals surface area contributed by atoms with Gasteiger partial charge in [0.15, 0.2) is 9.84 Å². The van der Waals surface area contributed by atoms with Gasteiger partial charge in [0.1, 0.15) is 0 Å². The van der Waals surface area contributed by atoms with Crippen LogP contribution in [0.3, 0.4) is 0 Å². The lowest BCUT2D eigenvalue weighted by Gasteiger charge is -2.14. The molecule has 0 aromatic heterocycles. The van der Waals surface area contributed by atoms with Gasteiger partial charge in [-0.25, -0.2) is 8.42 Å². The van der Waals surface area contributed by atoms with Gasteiger partial charge in [0.2, 0.25) is 0 Å². The second-order valence-corrected chi connectivity index (χ2v) is 8.57. The minimum Gasteiger partial charge on any atom is -0.399 e. The first-order valence-electron chi connectivity index (χ1n) is 6.31. The van der Waals surface area contributed by atoms with Crippen molar-refractivity contribution in [3.63, 3.8) is 0 Å². The van der Waals surface area contributed by atoms with Crippen LogP contribution in [-0.4, -0.2) is 42.8 Å². The van der Waals surface area contributed by atoms with Gasteiger partial charge in [-0.05, 0) is 31.5 Å². The zero-order valence-corrected chi connectivity index (χ0v) is 13.9. The Kier molecular flexibility index (Phi) is 5.91. The molecule has 0 radical (unpaired) electrons. The van der Waals surface area contributed by atoms with Crippen LogP contribution < -0.4 is 11.1 Å². The highest BCUT2D eigenvalue weighted by atomic mass is 32.2. The zero-order chi connectivity index (χ0) is 16.2. The average molecular weight is 332 g/mol. The van der Waals surface area contributed by atoms with E-state index < -0.39 is 26.5 Å². The molecule has 0 bridgehead atoms. The molecule has 0 spiro atoms. The van der Waals surface area contributed by atoms with E-state index in [2.05, 4.69) is 5.32 Å². The van der Waals surface area contributed by atoms with Gasteiger partial charge in [-0.2, -0.15) is 0 Å². The van der Waals surface area contributed by atoms with E-state index in [1.165, 1.54) is 18.2 Å². The van der Waals surface area contributed by atoms with Gasteiger partial charge < -0.3 is 11.1 Å². The van der Waals surface area contributed by atoms with E-state index >= 15 is 0 Å². The Morgan fingerprint density at radius 3 is 2.52 bits per heavy atom. The Morgan fingerprint density at radius 2 is 2.00 bits per heavy atom. The molecule has 0 saturated carbocycles. The van der Waals surface area contributed by atoms with Crippen LogP contribution in [0.2, 0.25) is 0 Å². The number of amides is 1. The molecule has 1 rings (SSSR count). The van der Waals surface area contributed by atoms with Crippen molar-refractivity contribution < 1.29 is 17.4 Å². The van der Waals surface area contributed by atoms with E-state index in [1.807, 2.05) is 0 Å². The Balaban J connectivity index is 2.88. The summed E-state index contributed by atoms with van der Waals surface area (Å²) in [5.74, 6) is 0.0917. The third kappa shape index (κ3) is 5.84. The molecule has 2 atom stereocenters. The number of nitrogens with two attached hydrogens (primary N) is 1. The molecular formula is C13H20N2O4S2. The van der Waals surface area contributed by atoms with Crippen LogP contribution in [0, 0.1) is 0 Å². The Hall–Kier alpha value is -1.41. The predicted molar refractivity (Wildman–Crippen MR) is 84.4 cm³/mol. The molecule has 6 nitrogen and oxygen atoms in total. The summed E-state index contributed by atoms with van der Waals surface area (Å²) in [5.41, 5.74) is 6.05. The van der Waals surface area contributed by atoms with Gasteiger partial charge >= 0.3 is 0 Å². The molecule has 21 heavy (non-hydrogen) atoms. The quantitative estimate of drug-likeness (QED) is 0.740. The van der Waals surface area contributed by atoms with Crippen LogP contribution in [0.1, 0.15) is 23.7 Å². The lowest BCUT2D eigenvalue weighted by atomic mass is 10.1. The van der Waals surface area contributed by atoms with Crippen molar-refractivity contribution in [3.8, 4) is 0 Å². The maximum absolute atomic E-state index is 12.1. The van der Waals surface area contributed by atoms with E-state index in [0.717, 1.165) is 6.26 Å². The molecule has 1 amide bonds. The lowest BCUT2D eigenvalue weighted by molar-refractivity contribution is 0.0939. The zero-order valence-electron chi connectivity index (χ0n) is 12.3. The van der Waals surface area contributed by atoms with Gasteiger partial charge in [-0.15, -0.1) is 0 Å². The van der Waals surface area contributed by atoms with Crippen LogP contribution in [0.4, 0.5) is 5.69 Å². The smallest absolute Gasteiger partial charge is 0.251 e. The first-order chi connectivity index (χ1) is 9.59. The van der Waals surface area contributed by atoms with Gasteiger partial charge in [0.05, 0.1) is 4.90 Å². The number of benzene rings is 1. The van der Waals surface area contributed by atoms with Crippen molar-refractivity contribution in [1.82, 2.24) is 5.32 Å². The van der Waals surface area contributed by atoms with Crippen LogP contribution in [-0.2, 0) is 20.6 Å².